The van der Waals surface area contributed by atoms with Gasteiger partial charge in [0, 0.05) is 5.56 Å². The average Bonchev–Trinajstić information content (AvgIpc) is 2.88. The molecular weight excluding hydrogens is 311 g/mol. The lowest BCUT2D eigenvalue weighted by Crippen LogP contribution is -2.56. The van der Waals surface area contributed by atoms with Gasteiger partial charge in [0.15, 0.2) is 0 Å². The smallest absolute Gasteiger partial charge is 0.259 e. The molecule has 1 aliphatic rings. The number of aryl methyl sites for hydroxylation is 1. The maximum atomic E-state index is 13.6. The van der Waals surface area contributed by atoms with E-state index in [0.717, 1.165) is 5.56 Å². The number of benzene rings is 1. The van der Waals surface area contributed by atoms with Gasteiger partial charge in [-0.05, 0) is 30.5 Å². The minimum absolute atomic E-state index is 0.0966. The molecule has 0 radical (unpaired) electrons. The van der Waals surface area contributed by atoms with Gasteiger partial charge in [0.25, 0.3) is 5.91 Å². The molecule has 3 rings (SSSR count). The molecule has 1 aliphatic heterocycles. The van der Waals surface area contributed by atoms with Crippen LogP contribution < -0.4 is 4.74 Å². The van der Waals surface area contributed by atoms with Crippen molar-refractivity contribution in [3.63, 3.8) is 0 Å². The number of carbonyl (C=O) groups is 1. The zero-order valence-corrected chi connectivity index (χ0v) is 14.3. The molecule has 0 saturated carbocycles. The van der Waals surface area contributed by atoms with Crippen LogP contribution in [0.3, 0.4) is 0 Å². The summed E-state index contributed by atoms with van der Waals surface area (Å²) in [6, 6.07) is 4.56. The van der Waals surface area contributed by atoms with Crippen LogP contribution in [0.15, 0.2) is 28.9 Å². The molecular formula is C18H21FN2O3. The SMILES string of the molecule is Cc1oncc1C(=O)N1CC(Oc2ccc(F)cc2C(C)(C)C)C1. The summed E-state index contributed by atoms with van der Waals surface area (Å²) in [5.74, 6) is 0.796. The third-order valence-corrected chi connectivity index (χ3v) is 4.16. The lowest BCUT2D eigenvalue weighted by Gasteiger charge is -2.39. The van der Waals surface area contributed by atoms with Crippen molar-refractivity contribution in [1.29, 1.82) is 0 Å². The Balaban J connectivity index is 1.66. The van der Waals surface area contributed by atoms with E-state index in [1.54, 1.807) is 17.9 Å². The minimum Gasteiger partial charge on any atom is -0.486 e. The predicted octanol–water partition coefficient (Wildman–Crippen LogP) is 3.32. The number of carbonyl (C=O) groups excluding carboxylic acids is 1. The highest BCUT2D eigenvalue weighted by Gasteiger charge is 2.35. The number of hydrogen-bond donors (Lipinski definition) is 0. The van der Waals surface area contributed by atoms with Gasteiger partial charge in [0.2, 0.25) is 0 Å². The van der Waals surface area contributed by atoms with Gasteiger partial charge in [-0.25, -0.2) is 4.39 Å². The van der Waals surface area contributed by atoms with E-state index in [-0.39, 0.29) is 23.2 Å². The van der Waals surface area contributed by atoms with Crippen LogP contribution in [0, 0.1) is 12.7 Å². The van der Waals surface area contributed by atoms with E-state index in [1.807, 2.05) is 20.8 Å². The van der Waals surface area contributed by atoms with Crippen molar-refractivity contribution in [1.82, 2.24) is 10.1 Å². The molecule has 0 aliphatic carbocycles. The van der Waals surface area contributed by atoms with E-state index in [0.29, 0.717) is 30.2 Å². The standard InChI is InChI=1S/C18H21FN2O3/c1-11-14(8-20-24-11)17(22)21-9-13(10-21)23-16-6-5-12(19)7-15(16)18(2,3)4/h5-8,13H,9-10H2,1-4H3. The van der Waals surface area contributed by atoms with E-state index >= 15 is 0 Å². The fraction of sp³-hybridized carbons (Fsp3) is 0.444. The Morgan fingerprint density at radius 3 is 2.67 bits per heavy atom. The van der Waals surface area contributed by atoms with Crippen molar-refractivity contribution in [3.8, 4) is 5.75 Å². The van der Waals surface area contributed by atoms with Crippen molar-refractivity contribution in [3.05, 3.63) is 47.1 Å². The summed E-state index contributed by atoms with van der Waals surface area (Å²) < 4.78 is 24.5. The lowest BCUT2D eigenvalue weighted by atomic mass is 9.86. The topological polar surface area (TPSA) is 55.6 Å². The Kier molecular flexibility index (Phi) is 4.07. The summed E-state index contributed by atoms with van der Waals surface area (Å²) >= 11 is 0. The van der Waals surface area contributed by atoms with Crippen LogP contribution in [0.4, 0.5) is 4.39 Å². The van der Waals surface area contributed by atoms with Gasteiger partial charge in [-0.3, -0.25) is 4.79 Å². The molecule has 2 heterocycles. The second-order valence-corrected chi connectivity index (χ2v) is 7.14. The largest absolute Gasteiger partial charge is 0.486 e. The lowest BCUT2D eigenvalue weighted by molar-refractivity contribution is 0.0169. The highest BCUT2D eigenvalue weighted by atomic mass is 19.1. The maximum absolute atomic E-state index is 13.6. The molecule has 1 amide bonds. The molecule has 0 unspecified atom stereocenters. The van der Waals surface area contributed by atoms with E-state index in [9.17, 15) is 9.18 Å². The molecule has 0 N–H and O–H groups in total. The predicted molar refractivity (Wildman–Crippen MR) is 86.7 cm³/mol. The fourth-order valence-corrected chi connectivity index (χ4v) is 2.72. The third kappa shape index (κ3) is 3.13. The number of aromatic nitrogens is 1. The zero-order chi connectivity index (χ0) is 17.5. The minimum atomic E-state index is -0.277. The number of rotatable bonds is 3. The van der Waals surface area contributed by atoms with Crippen LogP contribution >= 0.6 is 0 Å². The van der Waals surface area contributed by atoms with Gasteiger partial charge >= 0.3 is 0 Å². The first-order chi connectivity index (χ1) is 11.3. The molecule has 0 atom stereocenters. The molecule has 128 valence electrons. The summed E-state index contributed by atoms with van der Waals surface area (Å²) in [6.07, 6.45) is 1.34. The normalized spacial score (nSPS) is 15.3. The Hall–Kier alpha value is -2.37. The van der Waals surface area contributed by atoms with Crippen molar-refractivity contribution in [2.75, 3.05) is 13.1 Å². The molecule has 0 bridgehead atoms. The van der Waals surface area contributed by atoms with Gasteiger partial charge in [0.05, 0.1) is 19.3 Å². The highest BCUT2D eigenvalue weighted by molar-refractivity contribution is 5.95. The Labute approximate surface area is 140 Å². The van der Waals surface area contributed by atoms with Gasteiger partial charge in [-0.1, -0.05) is 25.9 Å². The van der Waals surface area contributed by atoms with Crippen LogP contribution in [-0.2, 0) is 5.41 Å². The van der Waals surface area contributed by atoms with Gasteiger partial charge in [-0.15, -0.1) is 0 Å². The highest BCUT2D eigenvalue weighted by Crippen LogP contribution is 2.33. The van der Waals surface area contributed by atoms with E-state index in [2.05, 4.69) is 5.16 Å². The van der Waals surface area contributed by atoms with Crippen LogP contribution in [-0.4, -0.2) is 35.2 Å². The number of ether oxygens (including phenoxy) is 1. The van der Waals surface area contributed by atoms with Crippen molar-refractivity contribution >= 4 is 5.91 Å². The Morgan fingerprint density at radius 1 is 1.38 bits per heavy atom. The molecule has 1 aromatic heterocycles. The summed E-state index contributed by atoms with van der Waals surface area (Å²) in [5.41, 5.74) is 1.07. The molecule has 5 nitrogen and oxygen atoms in total. The number of hydrogen-bond acceptors (Lipinski definition) is 4. The molecule has 1 aromatic carbocycles. The fourth-order valence-electron chi connectivity index (χ4n) is 2.72. The molecule has 1 fully saturated rings. The van der Waals surface area contributed by atoms with E-state index in [1.165, 1.54) is 18.3 Å². The molecule has 24 heavy (non-hydrogen) atoms. The first-order valence-corrected chi connectivity index (χ1v) is 7.93. The van der Waals surface area contributed by atoms with E-state index < -0.39 is 0 Å². The third-order valence-electron chi connectivity index (χ3n) is 4.16. The van der Waals surface area contributed by atoms with Gasteiger partial charge in [-0.2, -0.15) is 0 Å². The first kappa shape index (κ1) is 16.5. The van der Waals surface area contributed by atoms with E-state index in [4.69, 9.17) is 9.26 Å². The second kappa shape index (κ2) is 5.92. The number of nitrogens with zero attached hydrogens (tertiary/aromatic N) is 2. The second-order valence-electron chi connectivity index (χ2n) is 7.14. The average molecular weight is 332 g/mol. The van der Waals surface area contributed by atoms with Gasteiger partial charge < -0.3 is 14.2 Å². The first-order valence-electron chi connectivity index (χ1n) is 7.93. The quantitative estimate of drug-likeness (QED) is 0.865. The molecule has 0 spiro atoms. The van der Waals surface area contributed by atoms with Gasteiger partial charge in [0.1, 0.15) is 29.0 Å². The molecule has 1 saturated heterocycles. The monoisotopic (exact) mass is 332 g/mol. The molecule has 6 heteroatoms. The summed E-state index contributed by atoms with van der Waals surface area (Å²) in [7, 11) is 0. The Morgan fingerprint density at radius 2 is 2.08 bits per heavy atom. The van der Waals surface area contributed by atoms with Crippen molar-refractivity contribution in [2.45, 2.75) is 39.2 Å². The summed E-state index contributed by atoms with van der Waals surface area (Å²) in [6.45, 7) is 8.73. The van der Waals surface area contributed by atoms with Crippen LogP contribution in [0.25, 0.3) is 0 Å². The maximum Gasteiger partial charge on any atom is 0.259 e. The zero-order valence-electron chi connectivity index (χ0n) is 14.3. The van der Waals surface area contributed by atoms with Crippen LogP contribution in [0.2, 0.25) is 0 Å². The van der Waals surface area contributed by atoms with Crippen molar-refractivity contribution in [2.24, 2.45) is 0 Å². The summed E-state index contributed by atoms with van der Waals surface area (Å²) in [5, 5.41) is 3.63. The van der Waals surface area contributed by atoms with Crippen molar-refractivity contribution < 1.29 is 18.4 Å². The van der Waals surface area contributed by atoms with Crippen LogP contribution in [0.5, 0.6) is 5.75 Å². The number of halogens is 1. The number of likely N-dealkylation sites (tertiary alicyclic amines) is 1. The number of amides is 1. The Bertz CT molecular complexity index is 758. The summed E-state index contributed by atoms with van der Waals surface area (Å²) in [4.78, 5) is 14.0. The van der Waals surface area contributed by atoms with Crippen LogP contribution in [0.1, 0.15) is 42.5 Å². The molecule has 2 aromatic rings.